The lowest BCUT2D eigenvalue weighted by Gasteiger charge is -2.25. The Labute approximate surface area is 108 Å². The van der Waals surface area contributed by atoms with Crippen LogP contribution in [0.15, 0.2) is 22.0 Å². The van der Waals surface area contributed by atoms with Crippen molar-refractivity contribution in [2.75, 3.05) is 6.54 Å². The van der Waals surface area contributed by atoms with E-state index in [0.717, 1.165) is 21.9 Å². The van der Waals surface area contributed by atoms with E-state index in [1.54, 1.807) is 0 Å². The van der Waals surface area contributed by atoms with Crippen LogP contribution in [0.2, 0.25) is 0 Å². The molecule has 6 heteroatoms. The summed E-state index contributed by atoms with van der Waals surface area (Å²) in [7, 11) is 0. The van der Waals surface area contributed by atoms with Gasteiger partial charge in [0.2, 0.25) is 0 Å². The Kier molecular flexibility index (Phi) is 2.89. The van der Waals surface area contributed by atoms with E-state index in [9.17, 15) is 4.79 Å². The average molecular weight is 263 g/mol. The number of thiophene rings is 1. The molecule has 0 aliphatic carbocycles. The van der Waals surface area contributed by atoms with Crippen molar-refractivity contribution in [3.63, 3.8) is 0 Å². The predicted octanol–water partition coefficient (Wildman–Crippen LogP) is 1.39. The standard InChI is InChI=1S/C12H13N3O2S/c13-6-9-8-7-15(4-3-10(8)17-14-9)12(16)11-2-1-5-18-11/h1-2,5H,3-4,6-7,13H2. The first-order chi connectivity index (χ1) is 8.79. The second-order valence-electron chi connectivity index (χ2n) is 4.19. The molecule has 0 radical (unpaired) electrons. The number of carbonyl (C=O) groups is 1. The van der Waals surface area contributed by atoms with Gasteiger partial charge in [-0.1, -0.05) is 11.2 Å². The first-order valence-corrected chi connectivity index (χ1v) is 6.66. The van der Waals surface area contributed by atoms with Gasteiger partial charge in [0.15, 0.2) is 0 Å². The Morgan fingerprint density at radius 2 is 2.50 bits per heavy atom. The van der Waals surface area contributed by atoms with Crippen molar-refractivity contribution in [3.8, 4) is 0 Å². The van der Waals surface area contributed by atoms with Gasteiger partial charge in [-0.2, -0.15) is 0 Å². The van der Waals surface area contributed by atoms with E-state index in [-0.39, 0.29) is 5.91 Å². The molecule has 0 fully saturated rings. The van der Waals surface area contributed by atoms with Crippen LogP contribution in [0, 0.1) is 0 Å². The zero-order valence-corrected chi connectivity index (χ0v) is 10.6. The molecule has 2 aromatic heterocycles. The molecule has 1 aliphatic heterocycles. The molecule has 0 bridgehead atoms. The number of hydrogen-bond donors (Lipinski definition) is 1. The molecule has 0 aromatic carbocycles. The van der Waals surface area contributed by atoms with Crippen LogP contribution in [0.1, 0.15) is 26.7 Å². The molecule has 0 unspecified atom stereocenters. The summed E-state index contributed by atoms with van der Waals surface area (Å²) in [5, 5.41) is 5.85. The van der Waals surface area contributed by atoms with E-state index in [1.807, 2.05) is 22.4 Å². The quantitative estimate of drug-likeness (QED) is 0.888. The van der Waals surface area contributed by atoms with Crippen LogP contribution in [0.5, 0.6) is 0 Å². The summed E-state index contributed by atoms with van der Waals surface area (Å²) in [5.74, 6) is 0.936. The molecule has 0 saturated carbocycles. The van der Waals surface area contributed by atoms with Crippen molar-refractivity contribution in [1.82, 2.24) is 10.1 Å². The Bertz CT molecular complexity index is 548. The van der Waals surface area contributed by atoms with Gasteiger partial charge in [-0.05, 0) is 11.4 Å². The zero-order valence-electron chi connectivity index (χ0n) is 9.76. The molecule has 18 heavy (non-hydrogen) atoms. The van der Waals surface area contributed by atoms with Gasteiger partial charge in [-0.25, -0.2) is 0 Å². The van der Waals surface area contributed by atoms with Crippen LogP contribution in [-0.4, -0.2) is 22.5 Å². The van der Waals surface area contributed by atoms with E-state index in [0.29, 0.717) is 26.1 Å². The van der Waals surface area contributed by atoms with Crippen LogP contribution < -0.4 is 5.73 Å². The lowest BCUT2D eigenvalue weighted by molar-refractivity contribution is 0.0733. The molecule has 3 heterocycles. The molecule has 1 amide bonds. The van der Waals surface area contributed by atoms with Crippen LogP contribution in [0.25, 0.3) is 0 Å². The lowest BCUT2D eigenvalue weighted by Crippen LogP contribution is -2.35. The van der Waals surface area contributed by atoms with Gasteiger partial charge in [0, 0.05) is 25.1 Å². The molecule has 0 spiro atoms. The smallest absolute Gasteiger partial charge is 0.264 e. The molecule has 2 N–H and O–H groups in total. The van der Waals surface area contributed by atoms with Gasteiger partial charge in [-0.3, -0.25) is 4.79 Å². The fourth-order valence-electron chi connectivity index (χ4n) is 2.15. The van der Waals surface area contributed by atoms with Gasteiger partial charge in [0.1, 0.15) is 11.5 Å². The lowest BCUT2D eigenvalue weighted by atomic mass is 10.1. The molecule has 94 valence electrons. The average Bonchev–Trinajstić information content (AvgIpc) is 3.06. The monoisotopic (exact) mass is 263 g/mol. The van der Waals surface area contributed by atoms with Gasteiger partial charge >= 0.3 is 0 Å². The highest BCUT2D eigenvalue weighted by Crippen LogP contribution is 2.24. The summed E-state index contributed by atoms with van der Waals surface area (Å²) in [4.78, 5) is 14.8. The predicted molar refractivity (Wildman–Crippen MR) is 67.2 cm³/mol. The highest BCUT2D eigenvalue weighted by Gasteiger charge is 2.27. The van der Waals surface area contributed by atoms with Crippen molar-refractivity contribution >= 4 is 17.2 Å². The summed E-state index contributed by atoms with van der Waals surface area (Å²) in [6.45, 7) is 1.56. The first kappa shape index (κ1) is 11.4. The number of fused-ring (bicyclic) bond motifs is 1. The van der Waals surface area contributed by atoms with E-state index >= 15 is 0 Å². The van der Waals surface area contributed by atoms with Gasteiger partial charge in [0.05, 0.1) is 11.4 Å². The highest BCUT2D eigenvalue weighted by molar-refractivity contribution is 7.12. The van der Waals surface area contributed by atoms with E-state index in [1.165, 1.54) is 11.3 Å². The number of amides is 1. The van der Waals surface area contributed by atoms with Crippen molar-refractivity contribution in [1.29, 1.82) is 0 Å². The number of hydrogen-bond acceptors (Lipinski definition) is 5. The van der Waals surface area contributed by atoms with Crippen LogP contribution in [-0.2, 0) is 19.5 Å². The maximum atomic E-state index is 12.2. The fourth-order valence-corrected chi connectivity index (χ4v) is 2.84. The van der Waals surface area contributed by atoms with Gasteiger partial charge in [0.25, 0.3) is 5.91 Å². The van der Waals surface area contributed by atoms with E-state index < -0.39 is 0 Å². The molecule has 2 aromatic rings. The third kappa shape index (κ3) is 1.83. The molecule has 0 atom stereocenters. The molecule has 1 aliphatic rings. The second-order valence-corrected chi connectivity index (χ2v) is 5.14. The fraction of sp³-hybridized carbons (Fsp3) is 0.333. The SMILES string of the molecule is NCc1noc2c1CN(C(=O)c1cccs1)CC2. The van der Waals surface area contributed by atoms with Gasteiger partial charge < -0.3 is 15.2 Å². The van der Waals surface area contributed by atoms with E-state index in [4.69, 9.17) is 10.3 Å². The minimum Gasteiger partial charge on any atom is -0.361 e. The Hall–Kier alpha value is -1.66. The van der Waals surface area contributed by atoms with Crippen molar-refractivity contribution in [3.05, 3.63) is 39.4 Å². The van der Waals surface area contributed by atoms with Crippen LogP contribution in [0.3, 0.4) is 0 Å². The minimum atomic E-state index is 0.0693. The largest absolute Gasteiger partial charge is 0.361 e. The molecule has 5 nitrogen and oxygen atoms in total. The van der Waals surface area contributed by atoms with E-state index in [2.05, 4.69) is 5.16 Å². The maximum Gasteiger partial charge on any atom is 0.264 e. The number of aromatic nitrogens is 1. The topological polar surface area (TPSA) is 72.4 Å². The van der Waals surface area contributed by atoms with Crippen LogP contribution >= 0.6 is 11.3 Å². The highest BCUT2D eigenvalue weighted by atomic mass is 32.1. The van der Waals surface area contributed by atoms with Crippen LogP contribution in [0.4, 0.5) is 0 Å². The van der Waals surface area contributed by atoms with Crippen molar-refractivity contribution in [2.45, 2.75) is 19.5 Å². The summed E-state index contributed by atoms with van der Waals surface area (Å²) < 4.78 is 5.23. The minimum absolute atomic E-state index is 0.0693. The molecular formula is C12H13N3O2S. The number of nitrogens with zero attached hydrogens (tertiary/aromatic N) is 2. The first-order valence-electron chi connectivity index (χ1n) is 5.78. The zero-order chi connectivity index (χ0) is 12.5. The summed E-state index contributed by atoms with van der Waals surface area (Å²) in [6, 6.07) is 3.73. The Morgan fingerprint density at radius 3 is 3.22 bits per heavy atom. The molecular weight excluding hydrogens is 250 g/mol. The number of rotatable bonds is 2. The Morgan fingerprint density at radius 1 is 1.61 bits per heavy atom. The molecule has 3 rings (SSSR count). The third-order valence-electron chi connectivity index (χ3n) is 3.12. The normalized spacial score (nSPS) is 14.6. The van der Waals surface area contributed by atoms with Crippen molar-refractivity contribution < 1.29 is 9.32 Å². The number of carbonyl (C=O) groups excluding carboxylic acids is 1. The maximum absolute atomic E-state index is 12.2. The summed E-state index contributed by atoms with van der Waals surface area (Å²) in [6.07, 6.45) is 0.708. The Balaban J connectivity index is 1.84. The summed E-state index contributed by atoms with van der Waals surface area (Å²) >= 11 is 1.46. The van der Waals surface area contributed by atoms with Gasteiger partial charge in [-0.15, -0.1) is 11.3 Å². The molecule has 0 saturated heterocycles. The van der Waals surface area contributed by atoms with Crippen molar-refractivity contribution in [2.24, 2.45) is 5.73 Å². The summed E-state index contributed by atoms with van der Waals surface area (Å²) in [5.41, 5.74) is 7.35. The third-order valence-corrected chi connectivity index (χ3v) is 3.98. The second kappa shape index (κ2) is 4.55. The number of nitrogens with two attached hydrogens (primary N) is 1.